The highest BCUT2D eigenvalue weighted by atomic mass is 35.5. The average Bonchev–Trinajstić information content (AvgIpc) is 2.28. The summed E-state index contributed by atoms with van der Waals surface area (Å²) in [5.74, 6) is -0.0203. The molecule has 1 aromatic rings. The fraction of sp³-hybridized carbons (Fsp3) is 0.538. The van der Waals surface area contributed by atoms with E-state index >= 15 is 0 Å². The highest BCUT2D eigenvalue weighted by Crippen LogP contribution is 2.20. The first-order valence-corrected chi connectivity index (χ1v) is 6.48. The van der Waals surface area contributed by atoms with Crippen LogP contribution in [-0.4, -0.2) is 53.4 Å². The van der Waals surface area contributed by atoms with Crippen molar-refractivity contribution < 1.29 is 4.79 Å². The van der Waals surface area contributed by atoms with E-state index in [1.807, 2.05) is 11.8 Å². The zero-order valence-corrected chi connectivity index (χ0v) is 11.7. The third-order valence-electron chi connectivity index (χ3n) is 3.31. The van der Waals surface area contributed by atoms with Crippen LogP contribution in [0.3, 0.4) is 0 Å². The van der Waals surface area contributed by atoms with Gasteiger partial charge in [0, 0.05) is 37.6 Å². The van der Waals surface area contributed by atoms with E-state index in [4.69, 9.17) is 11.6 Å². The third-order valence-corrected chi connectivity index (χ3v) is 3.62. The van der Waals surface area contributed by atoms with Crippen molar-refractivity contribution in [3.63, 3.8) is 0 Å². The Labute approximate surface area is 113 Å². The third kappa shape index (κ3) is 2.65. The molecule has 0 aliphatic carbocycles. The minimum absolute atomic E-state index is 0.0203. The van der Waals surface area contributed by atoms with Crippen molar-refractivity contribution in [1.29, 1.82) is 0 Å². The second-order valence-corrected chi connectivity index (χ2v) is 5.32. The first-order chi connectivity index (χ1) is 8.49. The number of likely N-dealkylation sites (N-methyl/N-ethyl adjacent to an activating group) is 1. The summed E-state index contributed by atoms with van der Waals surface area (Å²) in [6.07, 6.45) is 1.57. The van der Waals surface area contributed by atoms with E-state index in [9.17, 15) is 4.79 Å². The number of hydrogen-bond donors (Lipinski definition) is 0. The Kier molecular flexibility index (Phi) is 3.88. The zero-order valence-electron chi connectivity index (χ0n) is 11.0. The minimum atomic E-state index is -0.0203. The topological polar surface area (TPSA) is 36.4 Å². The van der Waals surface area contributed by atoms with Crippen molar-refractivity contribution in [2.45, 2.75) is 19.9 Å². The van der Waals surface area contributed by atoms with Gasteiger partial charge in [0.05, 0.1) is 10.6 Å². The van der Waals surface area contributed by atoms with Gasteiger partial charge in [0.1, 0.15) is 0 Å². The molecule has 1 atom stereocenters. The van der Waals surface area contributed by atoms with Gasteiger partial charge in [-0.15, -0.1) is 0 Å². The summed E-state index contributed by atoms with van der Waals surface area (Å²) in [5.41, 5.74) is 1.32. The number of halogens is 1. The maximum Gasteiger partial charge on any atom is 0.257 e. The maximum atomic E-state index is 12.4. The lowest BCUT2D eigenvalue weighted by Gasteiger charge is -2.38. The molecule has 4 nitrogen and oxygen atoms in total. The summed E-state index contributed by atoms with van der Waals surface area (Å²) in [6.45, 7) is 6.44. The maximum absolute atomic E-state index is 12.4. The molecule has 0 spiro atoms. The predicted octanol–water partition coefficient (Wildman–Crippen LogP) is 1.82. The number of aromatic nitrogens is 1. The number of amides is 1. The number of pyridine rings is 1. The van der Waals surface area contributed by atoms with E-state index in [-0.39, 0.29) is 11.9 Å². The Hall–Kier alpha value is -1.13. The first kappa shape index (κ1) is 13.3. The predicted molar refractivity (Wildman–Crippen MR) is 72.0 cm³/mol. The number of nitrogens with zero attached hydrogens (tertiary/aromatic N) is 3. The lowest BCUT2D eigenvalue weighted by Crippen LogP contribution is -2.52. The lowest BCUT2D eigenvalue weighted by molar-refractivity contribution is 0.0533. The molecule has 1 amide bonds. The molecule has 0 radical (unpaired) electrons. The molecule has 1 aromatic heterocycles. The summed E-state index contributed by atoms with van der Waals surface area (Å²) < 4.78 is 0. The van der Waals surface area contributed by atoms with E-state index in [1.54, 1.807) is 12.3 Å². The van der Waals surface area contributed by atoms with Crippen LogP contribution in [0.15, 0.2) is 12.3 Å². The van der Waals surface area contributed by atoms with E-state index in [0.29, 0.717) is 10.6 Å². The van der Waals surface area contributed by atoms with Gasteiger partial charge in [0.15, 0.2) is 0 Å². The van der Waals surface area contributed by atoms with E-state index < -0.39 is 0 Å². The van der Waals surface area contributed by atoms with Crippen LogP contribution < -0.4 is 0 Å². The van der Waals surface area contributed by atoms with E-state index in [0.717, 1.165) is 25.3 Å². The smallest absolute Gasteiger partial charge is 0.257 e. The SMILES string of the molecule is Cc1cc(Cl)c(C(=O)N2CCN(C)CC2C)cn1. The molecule has 1 unspecified atom stereocenters. The second kappa shape index (κ2) is 5.24. The molecule has 1 saturated heterocycles. The lowest BCUT2D eigenvalue weighted by atomic mass is 10.1. The summed E-state index contributed by atoms with van der Waals surface area (Å²) in [4.78, 5) is 20.7. The normalized spacial score (nSPS) is 21.1. The highest BCUT2D eigenvalue weighted by Gasteiger charge is 2.27. The molecule has 18 heavy (non-hydrogen) atoms. The number of aryl methyl sites for hydroxylation is 1. The molecule has 1 aliphatic heterocycles. The summed E-state index contributed by atoms with van der Waals surface area (Å²) in [6, 6.07) is 1.93. The minimum Gasteiger partial charge on any atom is -0.333 e. The molecular formula is C13H18ClN3O. The standard InChI is InChI=1S/C13H18ClN3O/c1-9-6-12(14)11(7-15-9)13(18)17-5-4-16(3)8-10(17)2/h6-7,10H,4-5,8H2,1-3H3. The second-order valence-electron chi connectivity index (χ2n) is 4.92. The molecular weight excluding hydrogens is 250 g/mol. The van der Waals surface area contributed by atoms with Gasteiger partial charge in [-0.3, -0.25) is 9.78 Å². The van der Waals surface area contributed by atoms with Crippen molar-refractivity contribution in [1.82, 2.24) is 14.8 Å². The van der Waals surface area contributed by atoms with Crippen molar-refractivity contribution in [3.05, 3.63) is 28.5 Å². The number of carbonyl (C=O) groups is 1. The van der Waals surface area contributed by atoms with Gasteiger partial charge < -0.3 is 9.80 Å². The molecule has 0 bridgehead atoms. The van der Waals surface area contributed by atoms with Gasteiger partial charge in [-0.25, -0.2) is 0 Å². The molecule has 98 valence electrons. The molecule has 1 fully saturated rings. The van der Waals surface area contributed by atoms with Crippen LogP contribution in [0.25, 0.3) is 0 Å². The van der Waals surface area contributed by atoms with Gasteiger partial charge in [-0.2, -0.15) is 0 Å². The number of carbonyl (C=O) groups excluding carboxylic acids is 1. The monoisotopic (exact) mass is 267 g/mol. The first-order valence-electron chi connectivity index (χ1n) is 6.10. The van der Waals surface area contributed by atoms with Crippen LogP contribution in [0, 0.1) is 6.92 Å². The quantitative estimate of drug-likeness (QED) is 0.779. The van der Waals surface area contributed by atoms with Crippen molar-refractivity contribution in [2.75, 3.05) is 26.7 Å². The Bertz CT molecular complexity index is 464. The zero-order chi connectivity index (χ0) is 13.3. The van der Waals surface area contributed by atoms with Gasteiger partial charge in [0.25, 0.3) is 5.91 Å². The fourth-order valence-electron chi connectivity index (χ4n) is 2.28. The van der Waals surface area contributed by atoms with Gasteiger partial charge in [-0.05, 0) is 27.0 Å². The Balaban J connectivity index is 2.20. The summed E-state index contributed by atoms with van der Waals surface area (Å²) in [7, 11) is 2.07. The molecule has 2 heterocycles. The van der Waals surface area contributed by atoms with Crippen LogP contribution in [0.2, 0.25) is 5.02 Å². The highest BCUT2D eigenvalue weighted by molar-refractivity contribution is 6.33. The molecule has 5 heteroatoms. The summed E-state index contributed by atoms with van der Waals surface area (Å²) >= 11 is 6.12. The molecule has 0 saturated carbocycles. The van der Waals surface area contributed by atoms with Gasteiger partial charge in [-0.1, -0.05) is 11.6 Å². The Morgan fingerprint density at radius 3 is 2.83 bits per heavy atom. The Morgan fingerprint density at radius 1 is 1.50 bits per heavy atom. The van der Waals surface area contributed by atoms with Crippen LogP contribution in [0.4, 0.5) is 0 Å². The van der Waals surface area contributed by atoms with Crippen LogP contribution >= 0.6 is 11.6 Å². The van der Waals surface area contributed by atoms with E-state index in [2.05, 4.69) is 23.9 Å². The van der Waals surface area contributed by atoms with Crippen LogP contribution in [0.5, 0.6) is 0 Å². The molecule has 1 aliphatic rings. The number of rotatable bonds is 1. The van der Waals surface area contributed by atoms with Crippen molar-refractivity contribution in [3.8, 4) is 0 Å². The molecule has 2 rings (SSSR count). The van der Waals surface area contributed by atoms with Crippen LogP contribution in [0.1, 0.15) is 23.0 Å². The molecule has 0 N–H and O–H groups in total. The van der Waals surface area contributed by atoms with Gasteiger partial charge in [0.2, 0.25) is 0 Å². The average molecular weight is 268 g/mol. The van der Waals surface area contributed by atoms with Gasteiger partial charge >= 0.3 is 0 Å². The van der Waals surface area contributed by atoms with E-state index in [1.165, 1.54) is 0 Å². The van der Waals surface area contributed by atoms with Crippen molar-refractivity contribution >= 4 is 17.5 Å². The number of piperazine rings is 1. The fourth-order valence-corrected chi connectivity index (χ4v) is 2.57. The Morgan fingerprint density at radius 2 is 2.22 bits per heavy atom. The van der Waals surface area contributed by atoms with Crippen LogP contribution in [-0.2, 0) is 0 Å². The summed E-state index contributed by atoms with van der Waals surface area (Å²) in [5, 5.41) is 0.485. The largest absolute Gasteiger partial charge is 0.333 e. The molecule has 0 aromatic carbocycles. The number of hydrogen-bond acceptors (Lipinski definition) is 3. The van der Waals surface area contributed by atoms with Crippen molar-refractivity contribution in [2.24, 2.45) is 0 Å².